The first kappa shape index (κ1) is 17.4. The summed E-state index contributed by atoms with van der Waals surface area (Å²) in [7, 11) is 0. The number of para-hydroxylation sites is 1. The van der Waals surface area contributed by atoms with Crippen molar-refractivity contribution in [1.29, 1.82) is 0 Å². The van der Waals surface area contributed by atoms with E-state index in [0.717, 1.165) is 22.0 Å². The van der Waals surface area contributed by atoms with Gasteiger partial charge in [0.2, 0.25) is 4.77 Å². The number of aromatic amines is 2. The van der Waals surface area contributed by atoms with Crippen LogP contribution in [0.4, 0.5) is 0 Å². The lowest BCUT2D eigenvalue weighted by Gasteiger charge is -2.18. The molecule has 0 spiro atoms. The highest BCUT2D eigenvalue weighted by Gasteiger charge is 2.14. The molecule has 0 aliphatic rings. The maximum atomic E-state index is 5.37. The largest absolute Gasteiger partial charge is 0.361 e. The van der Waals surface area contributed by atoms with Crippen molar-refractivity contribution in [2.24, 2.45) is 5.10 Å². The molecule has 6 heteroatoms. The smallest absolute Gasteiger partial charge is 0.216 e. The SMILES string of the molecule is CC(C)(C)c1ccc(-c2n[nH]c(=S)n2/N=C/c2c[nH]c3ccccc23)cc1. The molecule has 2 aromatic heterocycles. The van der Waals surface area contributed by atoms with Crippen molar-refractivity contribution in [2.75, 3.05) is 0 Å². The van der Waals surface area contributed by atoms with Gasteiger partial charge in [-0.1, -0.05) is 63.2 Å². The number of H-pyrrole nitrogens is 2. The van der Waals surface area contributed by atoms with Crippen molar-refractivity contribution in [3.8, 4) is 11.4 Å². The second-order valence-corrected chi connectivity index (χ2v) is 7.91. The van der Waals surface area contributed by atoms with Crippen LogP contribution >= 0.6 is 12.2 Å². The molecule has 0 radical (unpaired) electrons. The summed E-state index contributed by atoms with van der Waals surface area (Å²) in [6.07, 6.45) is 3.74. The van der Waals surface area contributed by atoms with Crippen LogP contribution in [0.25, 0.3) is 22.3 Å². The van der Waals surface area contributed by atoms with Gasteiger partial charge in [-0.15, -0.1) is 0 Å². The number of hydrogen-bond donors (Lipinski definition) is 2. The Bertz CT molecular complexity index is 1170. The molecule has 0 saturated carbocycles. The Morgan fingerprint density at radius 2 is 1.81 bits per heavy atom. The first-order chi connectivity index (χ1) is 12.9. The third kappa shape index (κ3) is 3.36. The van der Waals surface area contributed by atoms with E-state index in [1.807, 2.05) is 24.4 Å². The molecule has 0 atom stereocenters. The molecule has 5 nitrogen and oxygen atoms in total. The zero-order chi connectivity index (χ0) is 19.0. The molecule has 136 valence electrons. The van der Waals surface area contributed by atoms with Crippen LogP contribution in [-0.2, 0) is 5.41 Å². The standard InChI is InChI=1S/C21H21N5S/c1-21(2,3)16-10-8-14(9-11-16)19-24-25-20(27)26(19)23-13-15-12-22-18-7-5-4-6-17(15)18/h4-13,22H,1-3H3,(H,25,27)/b23-13+. The molecule has 0 bridgehead atoms. The number of nitrogens with one attached hydrogen (secondary N) is 2. The lowest BCUT2D eigenvalue weighted by molar-refractivity contribution is 0.590. The van der Waals surface area contributed by atoms with Gasteiger partial charge in [0.05, 0.1) is 6.21 Å². The Hall–Kier alpha value is -2.99. The zero-order valence-electron chi connectivity index (χ0n) is 15.5. The molecule has 0 fully saturated rings. The summed E-state index contributed by atoms with van der Waals surface area (Å²) in [6, 6.07) is 16.5. The topological polar surface area (TPSA) is 61.8 Å². The van der Waals surface area contributed by atoms with Crippen LogP contribution < -0.4 is 0 Å². The highest BCUT2D eigenvalue weighted by Crippen LogP contribution is 2.25. The first-order valence-corrected chi connectivity index (χ1v) is 9.23. The molecule has 0 unspecified atom stereocenters. The van der Waals surface area contributed by atoms with Crippen LogP contribution in [0.3, 0.4) is 0 Å². The molecule has 4 rings (SSSR count). The highest BCUT2D eigenvalue weighted by atomic mass is 32.1. The molecule has 2 heterocycles. The van der Waals surface area contributed by atoms with Gasteiger partial charge in [-0.2, -0.15) is 14.9 Å². The van der Waals surface area contributed by atoms with Gasteiger partial charge in [-0.05, 0) is 29.3 Å². The van der Waals surface area contributed by atoms with E-state index in [2.05, 4.69) is 71.4 Å². The van der Waals surface area contributed by atoms with Crippen molar-refractivity contribution in [3.05, 3.63) is 70.6 Å². The van der Waals surface area contributed by atoms with E-state index in [9.17, 15) is 0 Å². The fourth-order valence-corrected chi connectivity index (χ4v) is 3.20. The Balaban J connectivity index is 1.71. The minimum absolute atomic E-state index is 0.108. The fourth-order valence-electron chi connectivity index (χ4n) is 3.03. The van der Waals surface area contributed by atoms with Crippen LogP contribution in [0, 0.1) is 4.77 Å². The third-order valence-corrected chi connectivity index (χ3v) is 4.86. The number of aromatic nitrogens is 4. The van der Waals surface area contributed by atoms with Gasteiger partial charge in [0, 0.05) is 28.2 Å². The van der Waals surface area contributed by atoms with Gasteiger partial charge < -0.3 is 4.98 Å². The highest BCUT2D eigenvalue weighted by molar-refractivity contribution is 7.71. The van der Waals surface area contributed by atoms with Gasteiger partial charge in [-0.3, -0.25) is 0 Å². The summed E-state index contributed by atoms with van der Waals surface area (Å²) < 4.78 is 2.12. The minimum Gasteiger partial charge on any atom is -0.361 e. The van der Waals surface area contributed by atoms with Gasteiger partial charge in [0.25, 0.3) is 0 Å². The molecule has 0 amide bonds. The number of hydrogen-bond acceptors (Lipinski definition) is 3. The second-order valence-electron chi connectivity index (χ2n) is 7.53. The van der Waals surface area contributed by atoms with Crippen molar-refractivity contribution in [3.63, 3.8) is 0 Å². The molecule has 0 aliphatic carbocycles. The third-order valence-electron chi connectivity index (χ3n) is 4.59. The van der Waals surface area contributed by atoms with Crippen molar-refractivity contribution in [2.45, 2.75) is 26.2 Å². The monoisotopic (exact) mass is 375 g/mol. The van der Waals surface area contributed by atoms with Crippen molar-refractivity contribution >= 4 is 29.3 Å². The molecular formula is C21H21N5S. The predicted octanol–water partition coefficient (Wildman–Crippen LogP) is 5.27. The number of fused-ring (bicyclic) bond motifs is 1. The van der Waals surface area contributed by atoms with Crippen molar-refractivity contribution in [1.82, 2.24) is 19.9 Å². The lowest BCUT2D eigenvalue weighted by atomic mass is 9.87. The zero-order valence-corrected chi connectivity index (χ0v) is 16.3. The molecule has 2 N–H and O–H groups in total. The van der Waals surface area contributed by atoms with Crippen LogP contribution in [0.5, 0.6) is 0 Å². The van der Waals surface area contributed by atoms with E-state index in [4.69, 9.17) is 12.2 Å². The lowest BCUT2D eigenvalue weighted by Crippen LogP contribution is -2.10. The summed E-state index contributed by atoms with van der Waals surface area (Å²) in [4.78, 5) is 3.25. The molecule has 2 aromatic carbocycles. The van der Waals surface area contributed by atoms with Crippen LogP contribution in [-0.4, -0.2) is 26.1 Å². The molecular weight excluding hydrogens is 354 g/mol. The fraction of sp³-hybridized carbons (Fsp3) is 0.190. The van der Waals surface area contributed by atoms with Crippen LogP contribution in [0.15, 0.2) is 59.8 Å². The predicted molar refractivity (Wildman–Crippen MR) is 113 cm³/mol. The van der Waals surface area contributed by atoms with Gasteiger partial charge in [0.15, 0.2) is 5.82 Å². The maximum absolute atomic E-state index is 5.37. The summed E-state index contributed by atoms with van der Waals surface area (Å²) >= 11 is 5.37. The number of nitrogens with zero attached hydrogens (tertiary/aromatic N) is 3. The normalized spacial score (nSPS) is 12.3. The summed E-state index contributed by atoms with van der Waals surface area (Å²) in [6.45, 7) is 6.59. The Kier molecular flexibility index (Phi) is 4.28. The van der Waals surface area contributed by atoms with Gasteiger partial charge in [0.1, 0.15) is 0 Å². The van der Waals surface area contributed by atoms with Crippen LogP contribution in [0.1, 0.15) is 31.9 Å². The average Bonchev–Trinajstić information content (AvgIpc) is 3.23. The quantitative estimate of drug-likeness (QED) is 0.378. The summed E-state index contributed by atoms with van der Waals surface area (Å²) in [5.74, 6) is 0.691. The van der Waals surface area contributed by atoms with Crippen molar-refractivity contribution < 1.29 is 0 Å². The molecule has 4 aromatic rings. The molecule has 27 heavy (non-hydrogen) atoms. The Morgan fingerprint density at radius 3 is 2.56 bits per heavy atom. The van der Waals surface area contributed by atoms with E-state index >= 15 is 0 Å². The average molecular weight is 376 g/mol. The Labute approximate surface area is 162 Å². The molecule has 0 saturated heterocycles. The summed E-state index contributed by atoms with van der Waals surface area (Å²) in [5.41, 5.74) is 4.42. The minimum atomic E-state index is 0.108. The van der Waals surface area contributed by atoms with E-state index < -0.39 is 0 Å². The maximum Gasteiger partial charge on any atom is 0.216 e. The molecule has 0 aliphatic heterocycles. The van der Waals surface area contributed by atoms with Gasteiger partial charge in [-0.25, -0.2) is 5.10 Å². The van der Waals surface area contributed by atoms with Crippen LogP contribution in [0.2, 0.25) is 0 Å². The Morgan fingerprint density at radius 1 is 1.07 bits per heavy atom. The van der Waals surface area contributed by atoms with E-state index in [1.54, 1.807) is 10.9 Å². The number of rotatable bonds is 3. The second kappa shape index (κ2) is 6.63. The van der Waals surface area contributed by atoms with E-state index in [-0.39, 0.29) is 5.41 Å². The van der Waals surface area contributed by atoms with E-state index in [0.29, 0.717) is 10.6 Å². The van der Waals surface area contributed by atoms with E-state index in [1.165, 1.54) is 5.56 Å². The van der Waals surface area contributed by atoms with Gasteiger partial charge >= 0.3 is 0 Å². The first-order valence-electron chi connectivity index (χ1n) is 8.82. The number of benzene rings is 2. The summed E-state index contributed by atoms with van der Waals surface area (Å²) in [5, 5.41) is 12.9.